The Bertz CT molecular complexity index is 348. The standard InChI is InChI=1S/C13H18BrNO/c1-2-10-8-11(14)5-6-13(10)15-12-4-3-7-16-9-12/h5-6,8,12,15H,2-4,7,9H2,1H3. The molecule has 1 aliphatic heterocycles. The largest absolute Gasteiger partial charge is 0.380 e. The highest BCUT2D eigenvalue weighted by Gasteiger charge is 2.14. The van der Waals surface area contributed by atoms with Crippen molar-refractivity contribution in [3.63, 3.8) is 0 Å². The fourth-order valence-electron chi connectivity index (χ4n) is 2.07. The normalized spacial score (nSPS) is 20.8. The van der Waals surface area contributed by atoms with E-state index in [-0.39, 0.29) is 0 Å². The molecule has 0 saturated carbocycles. The van der Waals surface area contributed by atoms with Gasteiger partial charge in [0, 0.05) is 22.8 Å². The number of ether oxygens (including phenoxy) is 1. The van der Waals surface area contributed by atoms with Crippen molar-refractivity contribution in [1.82, 2.24) is 0 Å². The van der Waals surface area contributed by atoms with Gasteiger partial charge in [0.2, 0.25) is 0 Å². The molecule has 1 saturated heterocycles. The lowest BCUT2D eigenvalue weighted by Gasteiger charge is -2.25. The molecule has 0 spiro atoms. The van der Waals surface area contributed by atoms with Gasteiger partial charge >= 0.3 is 0 Å². The van der Waals surface area contributed by atoms with Crippen LogP contribution >= 0.6 is 15.9 Å². The van der Waals surface area contributed by atoms with Gasteiger partial charge in [0.1, 0.15) is 0 Å². The highest BCUT2D eigenvalue weighted by Crippen LogP contribution is 2.23. The summed E-state index contributed by atoms with van der Waals surface area (Å²) >= 11 is 3.51. The second-order valence-electron chi connectivity index (χ2n) is 4.21. The maximum absolute atomic E-state index is 5.48. The zero-order valence-corrected chi connectivity index (χ0v) is 11.2. The van der Waals surface area contributed by atoms with Crippen molar-refractivity contribution in [3.8, 4) is 0 Å². The van der Waals surface area contributed by atoms with Crippen molar-refractivity contribution in [2.24, 2.45) is 0 Å². The number of hydrogen-bond donors (Lipinski definition) is 1. The highest BCUT2D eigenvalue weighted by atomic mass is 79.9. The Hall–Kier alpha value is -0.540. The van der Waals surface area contributed by atoms with E-state index in [4.69, 9.17) is 4.74 Å². The predicted octanol–water partition coefficient (Wildman–Crippen LogP) is 3.60. The maximum Gasteiger partial charge on any atom is 0.0667 e. The molecule has 1 aromatic rings. The van der Waals surface area contributed by atoms with E-state index in [9.17, 15) is 0 Å². The molecule has 0 aliphatic carbocycles. The van der Waals surface area contributed by atoms with Crippen LogP contribution in [0, 0.1) is 0 Å². The molecular formula is C13H18BrNO. The summed E-state index contributed by atoms with van der Waals surface area (Å²) in [6.07, 6.45) is 3.42. The lowest BCUT2D eigenvalue weighted by molar-refractivity contribution is 0.0876. The monoisotopic (exact) mass is 283 g/mol. The summed E-state index contributed by atoms with van der Waals surface area (Å²) in [4.78, 5) is 0. The number of rotatable bonds is 3. The van der Waals surface area contributed by atoms with Gasteiger partial charge in [-0.1, -0.05) is 22.9 Å². The molecule has 16 heavy (non-hydrogen) atoms. The van der Waals surface area contributed by atoms with Gasteiger partial charge in [0.05, 0.1) is 6.61 Å². The summed E-state index contributed by atoms with van der Waals surface area (Å²) in [7, 11) is 0. The SMILES string of the molecule is CCc1cc(Br)ccc1NC1CCCOC1. The van der Waals surface area contributed by atoms with Crippen LogP contribution in [0.25, 0.3) is 0 Å². The molecule has 1 heterocycles. The maximum atomic E-state index is 5.48. The second kappa shape index (κ2) is 5.69. The van der Waals surface area contributed by atoms with Crippen LogP contribution in [0.5, 0.6) is 0 Å². The number of hydrogen-bond acceptors (Lipinski definition) is 2. The minimum atomic E-state index is 0.472. The summed E-state index contributed by atoms with van der Waals surface area (Å²) in [5, 5.41) is 3.58. The Morgan fingerprint density at radius 3 is 3.06 bits per heavy atom. The molecule has 1 fully saturated rings. The molecule has 1 aliphatic rings. The van der Waals surface area contributed by atoms with Gasteiger partial charge in [0.15, 0.2) is 0 Å². The van der Waals surface area contributed by atoms with Crippen molar-refractivity contribution in [2.75, 3.05) is 18.5 Å². The number of halogens is 1. The van der Waals surface area contributed by atoms with Gasteiger partial charge in [-0.3, -0.25) is 0 Å². The highest BCUT2D eigenvalue weighted by molar-refractivity contribution is 9.10. The Kier molecular flexibility index (Phi) is 4.24. The summed E-state index contributed by atoms with van der Waals surface area (Å²) in [6.45, 7) is 3.93. The van der Waals surface area contributed by atoms with Gasteiger partial charge in [-0.25, -0.2) is 0 Å². The molecule has 1 atom stereocenters. The van der Waals surface area contributed by atoms with Crippen molar-refractivity contribution in [1.29, 1.82) is 0 Å². The van der Waals surface area contributed by atoms with Crippen LogP contribution in [0.4, 0.5) is 5.69 Å². The van der Waals surface area contributed by atoms with E-state index in [1.807, 2.05) is 0 Å². The number of anilines is 1. The molecule has 1 aromatic carbocycles. The molecule has 1 N–H and O–H groups in total. The topological polar surface area (TPSA) is 21.3 Å². The van der Waals surface area contributed by atoms with Crippen LogP contribution in [-0.2, 0) is 11.2 Å². The van der Waals surface area contributed by atoms with Crippen LogP contribution in [0.3, 0.4) is 0 Å². The van der Waals surface area contributed by atoms with Gasteiger partial charge in [-0.15, -0.1) is 0 Å². The van der Waals surface area contributed by atoms with Crippen LogP contribution in [-0.4, -0.2) is 19.3 Å². The Balaban J connectivity index is 2.07. The van der Waals surface area contributed by atoms with E-state index in [0.717, 1.165) is 30.5 Å². The summed E-state index contributed by atoms with van der Waals surface area (Å²) in [5.74, 6) is 0. The van der Waals surface area contributed by atoms with E-state index in [1.165, 1.54) is 17.7 Å². The van der Waals surface area contributed by atoms with Crippen molar-refractivity contribution in [3.05, 3.63) is 28.2 Å². The molecule has 2 rings (SSSR count). The first kappa shape index (κ1) is 11.9. The van der Waals surface area contributed by atoms with Gasteiger partial charge in [0.25, 0.3) is 0 Å². The fourth-order valence-corrected chi connectivity index (χ4v) is 2.48. The lowest BCUT2D eigenvalue weighted by atomic mass is 10.1. The van der Waals surface area contributed by atoms with E-state index >= 15 is 0 Å². The number of benzene rings is 1. The first-order valence-corrected chi connectivity index (χ1v) is 6.71. The molecule has 1 unspecified atom stereocenters. The zero-order chi connectivity index (χ0) is 11.4. The lowest BCUT2D eigenvalue weighted by Crippen LogP contribution is -2.30. The smallest absolute Gasteiger partial charge is 0.0667 e. The third-order valence-electron chi connectivity index (χ3n) is 2.97. The Labute approximate surface area is 106 Å². The minimum absolute atomic E-state index is 0.472. The van der Waals surface area contributed by atoms with E-state index in [1.54, 1.807) is 0 Å². The first-order valence-electron chi connectivity index (χ1n) is 5.92. The minimum Gasteiger partial charge on any atom is -0.380 e. The van der Waals surface area contributed by atoms with Gasteiger partial charge in [-0.05, 0) is 43.0 Å². The van der Waals surface area contributed by atoms with Crippen LogP contribution in [0.15, 0.2) is 22.7 Å². The number of aryl methyl sites for hydroxylation is 1. The van der Waals surface area contributed by atoms with Crippen molar-refractivity contribution < 1.29 is 4.74 Å². The average molecular weight is 284 g/mol. The predicted molar refractivity (Wildman–Crippen MR) is 71.0 cm³/mol. The molecule has 0 amide bonds. The zero-order valence-electron chi connectivity index (χ0n) is 9.63. The van der Waals surface area contributed by atoms with Crippen LogP contribution < -0.4 is 5.32 Å². The Morgan fingerprint density at radius 2 is 2.38 bits per heavy atom. The van der Waals surface area contributed by atoms with E-state index < -0.39 is 0 Å². The van der Waals surface area contributed by atoms with Crippen LogP contribution in [0.1, 0.15) is 25.3 Å². The quantitative estimate of drug-likeness (QED) is 0.915. The molecule has 0 radical (unpaired) electrons. The van der Waals surface area contributed by atoms with Crippen molar-refractivity contribution in [2.45, 2.75) is 32.2 Å². The third kappa shape index (κ3) is 2.98. The van der Waals surface area contributed by atoms with E-state index in [0.29, 0.717) is 6.04 Å². The average Bonchev–Trinajstić information content (AvgIpc) is 2.33. The molecular weight excluding hydrogens is 266 g/mol. The molecule has 2 nitrogen and oxygen atoms in total. The molecule has 0 bridgehead atoms. The second-order valence-corrected chi connectivity index (χ2v) is 5.13. The molecule has 3 heteroatoms. The van der Waals surface area contributed by atoms with Gasteiger partial charge < -0.3 is 10.1 Å². The summed E-state index contributed by atoms with van der Waals surface area (Å²) in [5.41, 5.74) is 2.61. The Morgan fingerprint density at radius 1 is 1.50 bits per heavy atom. The fraction of sp³-hybridized carbons (Fsp3) is 0.538. The molecule has 0 aromatic heterocycles. The van der Waals surface area contributed by atoms with Crippen LogP contribution in [0.2, 0.25) is 0 Å². The van der Waals surface area contributed by atoms with Gasteiger partial charge in [-0.2, -0.15) is 0 Å². The summed E-state index contributed by atoms with van der Waals surface area (Å²) in [6, 6.07) is 6.90. The first-order chi connectivity index (χ1) is 7.79. The summed E-state index contributed by atoms with van der Waals surface area (Å²) < 4.78 is 6.63. The number of nitrogens with one attached hydrogen (secondary N) is 1. The van der Waals surface area contributed by atoms with E-state index in [2.05, 4.69) is 46.4 Å². The third-order valence-corrected chi connectivity index (χ3v) is 3.46. The van der Waals surface area contributed by atoms with Crippen molar-refractivity contribution >= 4 is 21.6 Å². The molecule has 88 valence electrons.